The number of carbonyl (C=O) groups excluding carboxylic acids is 2. The predicted molar refractivity (Wildman–Crippen MR) is 73.3 cm³/mol. The molecule has 0 bridgehead atoms. The molecule has 0 aliphatic rings. The first-order chi connectivity index (χ1) is 9.10. The van der Waals surface area contributed by atoms with Gasteiger partial charge in [-0.3, -0.25) is 9.59 Å². The van der Waals surface area contributed by atoms with Crippen LogP contribution < -0.4 is 0 Å². The molecule has 0 aliphatic carbocycles. The summed E-state index contributed by atoms with van der Waals surface area (Å²) < 4.78 is 9.68. The molecule has 0 N–H and O–H groups in total. The fraction of sp³-hybridized carbons (Fsp3) is 0.538. The van der Waals surface area contributed by atoms with Crippen LogP contribution >= 0.6 is 11.3 Å². The molecule has 1 aromatic rings. The molecule has 1 aromatic heterocycles. The van der Waals surface area contributed by atoms with E-state index in [0.29, 0.717) is 24.6 Å². The van der Waals surface area contributed by atoms with Gasteiger partial charge in [0.15, 0.2) is 0 Å². The summed E-state index contributed by atoms with van der Waals surface area (Å²) in [5, 5.41) is 1.85. The van der Waals surface area contributed by atoms with Crippen molar-refractivity contribution in [2.45, 2.75) is 6.92 Å². The van der Waals surface area contributed by atoms with Crippen molar-refractivity contribution in [3.63, 3.8) is 0 Å². The SMILES string of the molecule is COCCN(CC(C)C(=O)OC)C(=O)c1cccs1. The van der Waals surface area contributed by atoms with Gasteiger partial charge in [-0.1, -0.05) is 13.0 Å². The van der Waals surface area contributed by atoms with Crippen LogP contribution in [-0.2, 0) is 14.3 Å². The van der Waals surface area contributed by atoms with Crippen LogP contribution in [0.4, 0.5) is 0 Å². The Balaban J connectivity index is 2.71. The molecule has 0 aromatic carbocycles. The number of methoxy groups -OCH3 is 2. The van der Waals surface area contributed by atoms with Gasteiger partial charge >= 0.3 is 5.97 Å². The van der Waals surface area contributed by atoms with E-state index in [1.807, 2.05) is 11.4 Å². The lowest BCUT2D eigenvalue weighted by Crippen LogP contribution is -2.39. The number of thiophene rings is 1. The second-order valence-electron chi connectivity index (χ2n) is 4.15. The van der Waals surface area contributed by atoms with E-state index in [0.717, 1.165) is 0 Å². The highest BCUT2D eigenvalue weighted by Gasteiger charge is 2.22. The topological polar surface area (TPSA) is 55.8 Å². The van der Waals surface area contributed by atoms with Gasteiger partial charge in [0.25, 0.3) is 5.91 Å². The van der Waals surface area contributed by atoms with Gasteiger partial charge < -0.3 is 14.4 Å². The third kappa shape index (κ3) is 4.65. The summed E-state index contributed by atoms with van der Waals surface area (Å²) in [5.74, 6) is -0.755. The van der Waals surface area contributed by atoms with Crippen molar-refractivity contribution in [2.75, 3.05) is 33.9 Å². The van der Waals surface area contributed by atoms with Crippen LogP contribution in [0, 0.1) is 5.92 Å². The van der Waals surface area contributed by atoms with E-state index in [1.165, 1.54) is 18.4 Å². The molecular weight excluding hydrogens is 266 g/mol. The Kier molecular flexibility index (Phi) is 6.52. The number of esters is 1. The van der Waals surface area contributed by atoms with Crippen LogP contribution in [0.1, 0.15) is 16.6 Å². The van der Waals surface area contributed by atoms with Crippen molar-refractivity contribution in [3.8, 4) is 0 Å². The van der Waals surface area contributed by atoms with Crippen molar-refractivity contribution in [1.82, 2.24) is 4.90 Å². The molecule has 106 valence electrons. The van der Waals surface area contributed by atoms with E-state index < -0.39 is 0 Å². The van der Waals surface area contributed by atoms with Crippen molar-refractivity contribution in [2.24, 2.45) is 5.92 Å². The molecule has 5 nitrogen and oxygen atoms in total. The van der Waals surface area contributed by atoms with Crippen molar-refractivity contribution >= 4 is 23.2 Å². The largest absolute Gasteiger partial charge is 0.469 e. The number of ether oxygens (including phenoxy) is 2. The normalized spacial score (nSPS) is 11.9. The molecule has 0 radical (unpaired) electrons. The summed E-state index contributed by atoms with van der Waals surface area (Å²) in [6.07, 6.45) is 0. The predicted octanol–water partition coefficient (Wildman–Crippen LogP) is 1.65. The zero-order chi connectivity index (χ0) is 14.3. The average molecular weight is 285 g/mol. The van der Waals surface area contributed by atoms with E-state index in [1.54, 1.807) is 25.0 Å². The summed E-state index contributed by atoms with van der Waals surface area (Å²) in [6.45, 7) is 2.96. The van der Waals surface area contributed by atoms with Crippen molar-refractivity contribution in [3.05, 3.63) is 22.4 Å². The highest BCUT2D eigenvalue weighted by molar-refractivity contribution is 7.12. The van der Waals surface area contributed by atoms with E-state index in [2.05, 4.69) is 4.74 Å². The summed E-state index contributed by atoms with van der Waals surface area (Å²) >= 11 is 1.39. The lowest BCUT2D eigenvalue weighted by atomic mass is 10.1. The molecule has 0 aliphatic heterocycles. The van der Waals surface area contributed by atoms with Crippen LogP contribution in [-0.4, -0.2) is 50.7 Å². The minimum absolute atomic E-state index is 0.0807. The minimum Gasteiger partial charge on any atom is -0.469 e. The van der Waals surface area contributed by atoms with Crippen molar-refractivity contribution < 1.29 is 19.1 Å². The first-order valence-electron chi connectivity index (χ1n) is 5.99. The molecule has 0 saturated heterocycles. The highest BCUT2D eigenvalue weighted by Crippen LogP contribution is 2.13. The van der Waals surface area contributed by atoms with Gasteiger partial charge in [-0.15, -0.1) is 11.3 Å². The molecule has 0 fully saturated rings. The Morgan fingerprint density at radius 3 is 2.68 bits per heavy atom. The number of nitrogens with zero attached hydrogens (tertiary/aromatic N) is 1. The van der Waals surface area contributed by atoms with Crippen LogP contribution in [0.3, 0.4) is 0 Å². The van der Waals surface area contributed by atoms with Gasteiger partial charge in [0.2, 0.25) is 0 Å². The number of amides is 1. The number of hydrogen-bond acceptors (Lipinski definition) is 5. The van der Waals surface area contributed by atoms with Crippen LogP contribution in [0.5, 0.6) is 0 Å². The van der Waals surface area contributed by atoms with Gasteiger partial charge in [-0.05, 0) is 11.4 Å². The molecule has 1 atom stereocenters. The summed E-state index contributed by atoms with van der Waals surface area (Å²) in [6, 6.07) is 3.60. The Hall–Kier alpha value is -1.40. The third-order valence-corrected chi connectivity index (χ3v) is 3.54. The minimum atomic E-state index is -0.356. The van der Waals surface area contributed by atoms with Gasteiger partial charge in [-0.25, -0.2) is 0 Å². The quantitative estimate of drug-likeness (QED) is 0.715. The van der Waals surface area contributed by atoms with E-state index in [-0.39, 0.29) is 17.8 Å². The molecule has 1 amide bonds. The molecule has 0 saturated carbocycles. The molecule has 6 heteroatoms. The zero-order valence-corrected chi connectivity index (χ0v) is 12.2. The van der Waals surface area contributed by atoms with Crippen LogP contribution in [0.2, 0.25) is 0 Å². The second kappa shape index (κ2) is 7.91. The van der Waals surface area contributed by atoms with Crippen LogP contribution in [0.25, 0.3) is 0 Å². The second-order valence-corrected chi connectivity index (χ2v) is 5.09. The maximum atomic E-state index is 12.3. The lowest BCUT2D eigenvalue weighted by Gasteiger charge is -2.24. The third-order valence-electron chi connectivity index (χ3n) is 2.68. The fourth-order valence-corrected chi connectivity index (χ4v) is 2.33. The first kappa shape index (κ1) is 15.7. The summed E-state index contributed by atoms with van der Waals surface area (Å²) in [5.41, 5.74) is 0. The average Bonchev–Trinajstić information content (AvgIpc) is 2.95. The fourth-order valence-electron chi connectivity index (χ4n) is 1.64. The highest BCUT2D eigenvalue weighted by atomic mass is 32.1. The van der Waals surface area contributed by atoms with Gasteiger partial charge in [0.05, 0.1) is 24.5 Å². The molecule has 19 heavy (non-hydrogen) atoms. The van der Waals surface area contributed by atoms with Gasteiger partial charge in [0, 0.05) is 20.2 Å². The van der Waals surface area contributed by atoms with Crippen molar-refractivity contribution in [1.29, 1.82) is 0 Å². The van der Waals surface area contributed by atoms with Gasteiger partial charge in [0.1, 0.15) is 0 Å². The first-order valence-corrected chi connectivity index (χ1v) is 6.87. The summed E-state index contributed by atoms with van der Waals surface area (Å²) in [4.78, 5) is 26.0. The van der Waals surface area contributed by atoms with Gasteiger partial charge in [-0.2, -0.15) is 0 Å². The molecule has 1 rings (SSSR count). The zero-order valence-electron chi connectivity index (χ0n) is 11.4. The Labute approximate surface area is 117 Å². The molecule has 0 spiro atoms. The maximum Gasteiger partial charge on any atom is 0.310 e. The van der Waals surface area contributed by atoms with E-state index in [4.69, 9.17) is 4.74 Å². The maximum absolute atomic E-state index is 12.3. The Morgan fingerprint density at radius 2 is 2.16 bits per heavy atom. The lowest BCUT2D eigenvalue weighted by molar-refractivity contribution is -0.145. The number of carbonyl (C=O) groups is 2. The Bertz CT molecular complexity index is 405. The molecule has 1 unspecified atom stereocenters. The molecular formula is C13H19NO4S. The van der Waals surface area contributed by atoms with E-state index >= 15 is 0 Å². The smallest absolute Gasteiger partial charge is 0.310 e. The standard InChI is InChI=1S/C13H19NO4S/c1-10(13(16)18-3)9-14(6-7-17-2)12(15)11-5-4-8-19-11/h4-5,8,10H,6-7,9H2,1-3H3. The number of rotatable bonds is 7. The van der Waals surface area contributed by atoms with E-state index in [9.17, 15) is 9.59 Å². The van der Waals surface area contributed by atoms with Crippen LogP contribution in [0.15, 0.2) is 17.5 Å². The number of hydrogen-bond donors (Lipinski definition) is 0. The monoisotopic (exact) mass is 285 g/mol. The summed E-state index contributed by atoms with van der Waals surface area (Å²) in [7, 11) is 2.93. The molecule has 1 heterocycles. The Morgan fingerprint density at radius 1 is 1.42 bits per heavy atom.